The van der Waals surface area contributed by atoms with E-state index in [1.165, 1.54) is 4.90 Å². The Morgan fingerprint density at radius 2 is 1.80 bits per heavy atom. The van der Waals surface area contributed by atoms with Crippen molar-refractivity contribution in [1.82, 2.24) is 9.80 Å². The topological polar surface area (TPSA) is 113 Å². The zero-order valence-corrected chi connectivity index (χ0v) is 11.2. The molecule has 0 spiro atoms. The third kappa shape index (κ3) is 3.01. The molecule has 20 heavy (non-hydrogen) atoms. The van der Waals surface area contributed by atoms with Crippen molar-refractivity contribution in [2.75, 3.05) is 32.8 Å². The summed E-state index contributed by atoms with van der Waals surface area (Å²) in [5.74, 6) is -1.60. The van der Waals surface area contributed by atoms with Crippen molar-refractivity contribution in [2.45, 2.75) is 18.9 Å². The molecule has 0 radical (unpaired) electrons. The maximum atomic E-state index is 12.4. The quantitative estimate of drug-likeness (QED) is 0.682. The number of piperidine rings is 1. The maximum Gasteiger partial charge on any atom is 0.328 e. The molecular weight excluding hydrogens is 266 g/mol. The summed E-state index contributed by atoms with van der Waals surface area (Å²) in [7, 11) is 0. The van der Waals surface area contributed by atoms with E-state index >= 15 is 0 Å². The summed E-state index contributed by atoms with van der Waals surface area (Å²) < 4.78 is 5.11. The van der Waals surface area contributed by atoms with Crippen LogP contribution in [0.5, 0.6) is 0 Å². The molecule has 2 saturated heterocycles. The van der Waals surface area contributed by atoms with Crippen LogP contribution in [0.1, 0.15) is 12.8 Å². The van der Waals surface area contributed by atoms with Gasteiger partial charge in [0.25, 0.3) is 0 Å². The Morgan fingerprint density at radius 3 is 2.35 bits per heavy atom. The van der Waals surface area contributed by atoms with E-state index in [4.69, 9.17) is 15.6 Å². The van der Waals surface area contributed by atoms with Gasteiger partial charge in [0.15, 0.2) is 6.04 Å². The third-order valence-electron chi connectivity index (χ3n) is 3.83. The van der Waals surface area contributed by atoms with E-state index in [0.29, 0.717) is 32.5 Å². The Balaban J connectivity index is 1.97. The minimum absolute atomic E-state index is 0.0127. The first-order valence-electron chi connectivity index (χ1n) is 6.66. The molecule has 2 heterocycles. The zero-order valence-electron chi connectivity index (χ0n) is 11.2. The van der Waals surface area contributed by atoms with Crippen LogP contribution in [0.2, 0.25) is 0 Å². The number of ether oxygens (including phenoxy) is 1. The minimum atomic E-state index is -1.06. The molecule has 0 saturated carbocycles. The van der Waals surface area contributed by atoms with Crippen LogP contribution in [-0.2, 0) is 14.3 Å². The number of aliphatic carboxylic acids is 1. The number of hydrogen-bond acceptors (Lipinski definition) is 4. The molecule has 1 atom stereocenters. The lowest BCUT2D eigenvalue weighted by atomic mass is 9.96. The van der Waals surface area contributed by atoms with E-state index in [-0.39, 0.29) is 31.0 Å². The van der Waals surface area contributed by atoms with E-state index in [0.717, 1.165) is 0 Å². The summed E-state index contributed by atoms with van der Waals surface area (Å²) in [6.45, 7) is 1.48. The molecule has 0 aromatic heterocycles. The Labute approximate surface area is 116 Å². The predicted molar refractivity (Wildman–Crippen MR) is 67.8 cm³/mol. The highest BCUT2D eigenvalue weighted by atomic mass is 16.5. The lowest BCUT2D eigenvalue weighted by Gasteiger charge is -2.39. The number of likely N-dealkylation sites (tertiary alicyclic amines) is 1. The van der Waals surface area contributed by atoms with Gasteiger partial charge in [0.2, 0.25) is 5.91 Å². The summed E-state index contributed by atoms with van der Waals surface area (Å²) in [6, 6.07) is -1.24. The van der Waals surface area contributed by atoms with E-state index in [1.807, 2.05) is 0 Å². The summed E-state index contributed by atoms with van der Waals surface area (Å²) in [4.78, 5) is 37.5. The number of carboxylic acids is 1. The van der Waals surface area contributed by atoms with Gasteiger partial charge >= 0.3 is 12.0 Å². The van der Waals surface area contributed by atoms with Gasteiger partial charge in [-0.15, -0.1) is 0 Å². The van der Waals surface area contributed by atoms with Crippen molar-refractivity contribution in [3.8, 4) is 0 Å². The van der Waals surface area contributed by atoms with Crippen LogP contribution < -0.4 is 5.73 Å². The monoisotopic (exact) mass is 285 g/mol. The van der Waals surface area contributed by atoms with Gasteiger partial charge in [-0.2, -0.15) is 0 Å². The number of primary amides is 1. The van der Waals surface area contributed by atoms with Crippen molar-refractivity contribution < 1.29 is 24.2 Å². The fourth-order valence-corrected chi connectivity index (χ4v) is 2.57. The highest BCUT2D eigenvalue weighted by Crippen LogP contribution is 2.19. The molecule has 3 amide bonds. The molecule has 2 rings (SSSR count). The molecule has 1 unspecified atom stereocenters. The van der Waals surface area contributed by atoms with E-state index in [2.05, 4.69) is 0 Å². The minimum Gasteiger partial charge on any atom is -0.480 e. The van der Waals surface area contributed by atoms with Gasteiger partial charge in [-0.05, 0) is 12.8 Å². The largest absolute Gasteiger partial charge is 0.480 e. The van der Waals surface area contributed by atoms with Crippen molar-refractivity contribution in [3.05, 3.63) is 0 Å². The maximum absolute atomic E-state index is 12.4. The molecule has 2 fully saturated rings. The van der Waals surface area contributed by atoms with Crippen LogP contribution in [-0.4, -0.2) is 71.7 Å². The van der Waals surface area contributed by atoms with Crippen LogP contribution in [0.3, 0.4) is 0 Å². The van der Waals surface area contributed by atoms with Crippen LogP contribution in [0.25, 0.3) is 0 Å². The van der Waals surface area contributed by atoms with Crippen LogP contribution in [0.4, 0.5) is 4.79 Å². The number of rotatable bonds is 2. The first-order valence-corrected chi connectivity index (χ1v) is 6.66. The fourth-order valence-electron chi connectivity index (χ4n) is 2.57. The number of morpholine rings is 1. The van der Waals surface area contributed by atoms with Gasteiger partial charge in [0.05, 0.1) is 13.2 Å². The van der Waals surface area contributed by atoms with Crippen molar-refractivity contribution in [1.29, 1.82) is 0 Å². The Morgan fingerprint density at radius 1 is 1.15 bits per heavy atom. The van der Waals surface area contributed by atoms with E-state index < -0.39 is 12.0 Å². The first-order chi connectivity index (χ1) is 9.50. The molecule has 2 aliphatic rings. The van der Waals surface area contributed by atoms with Crippen LogP contribution in [0.15, 0.2) is 0 Å². The average Bonchev–Trinajstić information content (AvgIpc) is 2.46. The Hall–Kier alpha value is -1.83. The zero-order chi connectivity index (χ0) is 14.7. The number of nitrogens with zero attached hydrogens (tertiary/aromatic N) is 2. The van der Waals surface area contributed by atoms with Gasteiger partial charge < -0.3 is 25.4 Å². The number of carbonyl (C=O) groups excluding carboxylic acids is 2. The number of hydrogen-bond donors (Lipinski definition) is 2. The van der Waals surface area contributed by atoms with Crippen LogP contribution in [0, 0.1) is 5.92 Å². The molecule has 8 nitrogen and oxygen atoms in total. The van der Waals surface area contributed by atoms with Crippen LogP contribution >= 0.6 is 0 Å². The normalized spacial score (nSPS) is 24.5. The van der Waals surface area contributed by atoms with Crippen molar-refractivity contribution >= 4 is 17.9 Å². The molecule has 8 heteroatoms. The van der Waals surface area contributed by atoms with Gasteiger partial charge in [-0.25, -0.2) is 9.59 Å². The SMILES string of the molecule is NC(=O)C1CCN(C(=O)N2CCOCC2C(=O)O)CC1. The molecule has 112 valence electrons. The second kappa shape index (κ2) is 6.08. The standard InChI is InChI=1S/C12H19N3O5/c13-10(16)8-1-3-14(4-2-8)12(19)15-5-6-20-7-9(15)11(17)18/h8-9H,1-7H2,(H2,13,16)(H,17,18). The molecule has 0 aliphatic carbocycles. The van der Waals surface area contributed by atoms with E-state index in [1.54, 1.807) is 4.90 Å². The molecule has 2 aliphatic heterocycles. The highest BCUT2D eigenvalue weighted by Gasteiger charge is 2.36. The van der Waals surface area contributed by atoms with E-state index in [9.17, 15) is 14.4 Å². The van der Waals surface area contributed by atoms with Crippen molar-refractivity contribution in [2.24, 2.45) is 11.7 Å². The molecule has 3 N–H and O–H groups in total. The number of urea groups is 1. The number of carboxylic acid groups (broad SMARTS) is 1. The van der Waals surface area contributed by atoms with Gasteiger partial charge in [-0.3, -0.25) is 4.79 Å². The highest BCUT2D eigenvalue weighted by molar-refractivity contribution is 5.83. The second-order valence-corrected chi connectivity index (χ2v) is 5.07. The van der Waals surface area contributed by atoms with Gasteiger partial charge in [-0.1, -0.05) is 0 Å². The molecular formula is C12H19N3O5. The Bertz CT molecular complexity index is 406. The smallest absolute Gasteiger partial charge is 0.328 e. The number of nitrogens with two attached hydrogens (primary N) is 1. The van der Waals surface area contributed by atoms with Gasteiger partial charge in [0, 0.05) is 25.6 Å². The lowest BCUT2D eigenvalue weighted by Crippen LogP contribution is -2.57. The fraction of sp³-hybridized carbons (Fsp3) is 0.750. The predicted octanol–water partition coefficient (Wildman–Crippen LogP) is -0.911. The molecule has 0 bridgehead atoms. The summed E-state index contributed by atoms with van der Waals surface area (Å²) >= 11 is 0. The third-order valence-corrected chi connectivity index (χ3v) is 3.83. The summed E-state index contributed by atoms with van der Waals surface area (Å²) in [5.41, 5.74) is 5.25. The van der Waals surface area contributed by atoms with Crippen molar-refractivity contribution in [3.63, 3.8) is 0 Å². The average molecular weight is 285 g/mol. The molecule has 0 aromatic carbocycles. The Kier molecular flexibility index (Phi) is 4.43. The number of amides is 3. The first kappa shape index (κ1) is 14.6. The van der Waals surface area contributed by atoms with Gasteiger partial charge in [0.1, 0.15) is 0 Å². The summed E-state index contributed by atoms with van der Waals surface area (Å²) in [6.07, 6.45) is 1.06. The second-order valence-electron chi connectivity index (χ2n) is 5.07. The number of carbonyl (C=O) groups is 3. The lowest BCUT2D eigenvalue weighted by molar-refractivity contribution is -0.147. The summed E-state index contributed by atoms with van der Waals surface area (Å²) in [5, 5.41) is 9.12. The molecule has 0 aromatic rings.